The number of amides is 2. The molecule has 1 aromatic carbocycles. The topological polar surface area (TPSA) is 61.4 Å². The molecule has 0 aliphatic rings. The van der Waals surface area contributed by atoms with Crippen molar-refractivity contribution in [3.63, 3.8) is 0 Å². The lowest BCUT2D eigenvalue weighted by molar-refractivity contribution is -0.122. The van der Waals surface area contributed by atoms with Crippen LogP contribution in [0.2, 0.25) is 0 Å². The molecule has 2 amide bonds. The fraction of sp³-hybridized carbons (Fsp3) is 0.286. The number of nitrogens with one attached hydrogen (secondary N) is 2. The second-order valence-electron chi connectivity index (χ2n) is 4.21. The standard InChI is InChI=1S/C14H16FN3O2/c1-3-7-16-13(19)9-18(2)10-14(20)17-12-6-4-5-11(15)8-12/h1,4-6,8H,7,9-10H2,2H3,(H,16,19)(H,17,20). The summed E-state index contributed by atoms with van der Waals surface area (Å²) in [5, 5.41) is 5.04. The lowest BCUT2D eigenvalue weighted by Crippen LogP contribution is -2.39. The van der Waals surface area contributed by atoms with Crippen molar-refractivity contribution < 1.29 is 14.0 Å². The Bertz CT molecular complexity index is 525. The molecule has 0 aliphatic heterocycles. The van der Waals surface area contributed by atoms with Crippen LogP contribution in [0.5, 0.6) is 0 Å². The van der Waals surface area contributed by atoms with Gasteiger partial charge in [-0.25, -0.2) is 4.39 Å². The second kappa shape index (κ2) is 7.92. The summed E-state index contributed by atoms with van der Waals surface area (Å²) in [6, 6.07) is 5.59. The smallest absolute Gasteiger partial charge is 0.238 e. The minimum absolute atomic E-state index is 0.0139. The average molecular weight is 277 g/mol. The third kappa shape index (κ3) is 5.98. The highest BCUT2D eigenvalue weighted by molar-refractivity contribution is 5.92. The summed E-state index contributed by atoms with van der Waals surface area (Å²) in [4.78, 5) is 24.6. The Kier molecular flexibility index (Phi) is 6.20. The molecular formula is C14H16FN3O2. The van der Waals surface area contributed by atoms with Crippen molar-refractivity contribution in [2.45, 2.75) is 0 Å². The van der Waals surface area contributed by atoms with Gasteiger partial charge in [0.1, 0.15) is 5.82 Å². The Balaban J connectivity index is 2.38. The summed E-state index contributed by atoms with van der Waals surface area (Å²) < 4.78 is 12.9. The van der Waals surface area contributed by atoms with E-state index in [1.54, 1.807) is 13.1 Å². The summed E-state index contributed by atoms with van der Waals surface area (Å²) in [7, 11) is 1.63. The quantitative estimate of drug-likeness (QED) is 0.742. The lowest BCUT2D eigenvalue weighted by atomic mass is 10.3. The number of benzene rings is 1. The van der Waals surface area contributed by atoms with E-state index in [9.17, 15) is 14.0 Å². The maximum Gasteiger partial charge on any atom is 0.238 e. The Hall–Kier alpha value is -2.39. The Morgan fingerprint density at radius 1 is 1.35 bits per heavy atom. The molecule has 0 spiro atoms. The summed E-state index contributed by atoms with van der Waals surface area (Å²) in [5.74, 6) is 1.27. The average Bonchev–Trinajstić information content (AvgIpc) is 2.35. The van der Waals surface area contributed by atoms with Crippen LogP contribution in [0.25, 0.3) is 0 Å². The van der Waals surface area contributed by atoms with Gasteiger partial charge in [-0.1, -0.05) is 12.0 Å². The van der Waals surface area contributed by atoms with Crippen LogP contribution >= 0.6 is 0 Å². The first-order valence-electron chi connectivity index (χ1n) is 5.95. The molecule has 0 saturated heterocycles. The van der Waals surface area contributed by atoms with Crippen LogP contribution in [0, 0.1) is 18.2 Å². The van der Waals surface area contributed by atoms with Crippen molar-refractivity contribution in [2.24, 2.45) is 0 Å². The van der Waals surface area contributed by atoms with Crippen LogP contribution in [0.4, 0.5) is 10.1 Å². The summed E-state index contributed by atoms with van der Waals surface area (Å²) in [5.41, 5.74) is 0.375. The first-order valence-corrected chi connectivity index (χ1v) is 5.95. The molecule has 0 fully saturated rings. The monoisotopic (exact) mass is 277 g/mol. The predicted octanol–water partition coefficient (Wildman–Crippen LogP) is 0.445. The zero-order valence-electron chi connectivity index (χ0n) is 11.1. The molecule has 1 aromatic rings. The minimum atomic E-state index is -0.426. The molecule has 5 nitrogen and oxygen atoms in total. The number of likely N-dealkylation sites (N-methyl/N-ethyl adjacent to an activating group) is 1. The number of anilines is 1. The maximum absolute atomic E-state index is 12.9. The van der Waals surface area contributed by atoms with Gasteiger partial charge in [0, 0.05) is 5.69 Å². The van der Waals surface area contributed by atoms with E-state index in [1.807, 2.05) is 0 Å². The van der Waals surface area contributed by atoms with Crippen LogP contribution in [0.3, 0.4) is 0 Å². The number of hydrogen-bond acceptors (Lipinski definition) is 3. The van der Waals surface area contributed by atoms with Crippen LogP contribution in [0.15, 0.2) is 24.3 Å². The van der Waals surface area contributed by atoms with E-state index in [1.165, 1.54) is 23.1 Å². The van der Waals surface area contributed by atoms with Crippen molar-refractivity contribution in [3.8, 4) is 12.3 Å². The summed E-state index contributed by atoms with van der Waals surface area (Å²) >= 11 is 0. The molecule has 0 aliphatic carbocycles. The van der Waals surface area contributed by atoms with Crippen molar-refractivity contribution in [1.29, 1.82) is 0 Å². The van der Waals surface area contributed by atoms with Gasteiger partial charge >= 0.3 is 0 Å². The molecule has 0 unspecified atom stereocenters. The lowest BCUT2D eigenvalue weighted by Gasteiger charge is -2.15. The fourth-order valence-corrected chi connectivity index (χ4v) is 1.52. The van der Waals surface area contributed by atoms with Gasteiger partial charge in [-0.15, -0.1) is 6.42 Å². The third-order valence-electron chi connectivity index (χ3n) is 2.32. The van der Waals surface area contributed by atoms with E-state index >= 15 is 0 Å². The van der Waals surface area contributed by atoms with Crippen LogP contribution in [0.1, 0.15) is 0 Å². The van der Waals surface area contributed by atoms with Crippen molar-refractivity contribution in [2.75, 3.05) is 32.0 Å². The molecule has 0 atom stereocenters. The highest BCUT2D eigenvalue weighted by Crippen LogP contribution is 2.08. The SMILES string of the molecule is C#CCNC(=O)CN(C)CC(=O)Nc1cccc(F)c1. The minimum Gasteiger partial charge on any atom is -0.344 e. The number of halogens is 1. The van der Waals surface area contributed by atoms with Gasteiger partial charge in [-0.05, 0) is 25.2 Å². The molecule has 2 N–H and O–H groups in total. The molecule has 0 radical (unpaired) electrons. The van der Waals surface area contributed by atoms with E-state index in [0.717, 1.165) is 0 Å². The molecule has 6 heteroatoms. The van der Waals surface area contributed by atoms with Crippen molar-refractivity contribution in [3.05, 3.63) is 30.1 Å². The molecule has 0 aromatic heterocycles. The number of nitrogens with zero attached hydrogens (tertiary/aromatic N) is 1. The molecule has 20 heavy (non-hydrogen) atoms. The highest BCUT2D eigenvalue weighted by Gasteiger charge is 2.10. The third-order valence-corrected chi connectivity index (χ3v) is 2.32. The number of hydrogen-bond donors (Lipinski definition) is 2. The van der Waals surface area contributed by atoms with Crippen LogP contribution in [-0.4, -0.2) is 43.4 Å². The van der Waals surface area contributed by atoms with Crippen molar-refractivity contribution in [1.82, 2.24) is 10.2 Å². The Morgan fingerprint density at radius 2 is 2.05 bits per heavy atom. The Morgan fingerprint density at radius 3 is 2.70 bits per heavy atom. The van der Waals surface area contributed by atoms with E-state index in [2.05, 4.69) is 16.6 Å². The van der Waals surface area contributed by atoms with Gasteiger partial charge in [0.25, 0.3) is 0 Å². The van der Waals surface area contributed by atoms with Crippen LogP contribution < -0.4 is 10.6 Å². The molecule has 0 saturated carbocycles. The van der Waals surface area contributed by atoms with E-state index in [4.69, 9.17) is 6.42 Å². The number of carbonyl (C=O) groups is 2. The van der Waals surface area contributed by atoms with Gasteiger partial charge in [-0.3, -0.25) is 14.5 Å². The number of terminal acetylenes is 1. The summed E-state index contributed by atoms with van der Waals surface area (Å²) in [6.45, 7) is 0.223. The van der Waals surface area contributed by atoms with Gasteiger partial charge in [-0.2, -0.15) is 0 Å². The number of rotatable bonds is 6. The zero-order chi connectivity index (χ0) is 15.0. The number of carbonyl (C=O) groups excluding carboxylic acids is 2. The van der Waals surface area contributed by atoms with Gasteiger partial charge in [0.2, 0.25) is 11.8 Å². The highest BCUT2D eigenvalue weighted by atomic mass is 19.1. The summed E-state index contributed by atoms with van der Waals surface area (Å²) in [6.07, 6.45) is 5.01. The zero-order valence-corrected chi connectivity index (χ0v) is 11.1. The van der Waals surface area contributed by atoms with E-state index in [-0.39, 0.29) is 31.4 Å². The van der Waals surface area contributed by atoms with Crippen molar-refractivity contribution >= 4 is 17.5 Å². The first-order chi connectivity index (χ1) is 9.51. The van der Waals surface area contributed by atoms with E-state index < -0.39 is 5.82 Å². The van der Waals surface area contributed by atoms with Gasteiger partial charge < -0.3 is 10.6 Å². The largest absolute Gasteiger partial charge is 0.344 e. The van der Waals surface area contributed by atoms with Crippen LogP contribution in [-0.2, 0) is 9.59 Å². The fourth-order valence-electron chi connectivity index (χ4n) is 1.52. The molecule has 1 rings (SSSR count). The predicted molar refractivity (Wildman–Crippen MR) is 74.4 cm³/mol. The van der Waals surface area contributed by atoms with E-state index in [0.29, 0.717) is 5.69 Å². The first kappa shape index (κ1) is 15.7. The van der Waals surface area contributed by atoms with Gasteiger partial charge in [0.15, 0.2) is 0 Å². The molecule has 0 bridgehead atoms. The molecular weight excluding hydrogens is 261 g/mol. The second-order valence-corrected chi connectivity index (χ2v) is 4.21. The molecule has 106 valence electrons. The maximum atomic E-state index is 12.9. The van der Waals surface area contributed by atoms with Gasteiger partial charge in [0.05, 0.1) is 19.6 Å². The Labute approximate surface area is 117 Å². The molecule has 0 heterocycles. The normalized spacial score (nSPS) is 9.90.